The topological polar surface area (TPSA) is 162 Å². The van der Waals surface area contributed by atoms with Crippen molar-refractivity contribution in [1.29, 1.82) is 0 Å². The number of benzene rings is 1. The molecule has 1 fully saturated rings. The number of carbonyl (C=O) groups is 1. The number of nitrogen functional groups attached to an aromatic ring is 1. The molecular formula is C25H28FN11O2. The molecule has 6 rings (SSSR count). The summed E-state index contributed by atoms with van der Waals surface area (Å²) in [6.45, 7) is 4.96. The minimum atomic E-state index is -0.410. The van der Waals surface area contributed by atoms with Crippen LogP contribution in [0.25, 0.3) is 28.4 Å². The van der Waals surface area contributed by atoms with Gasteiger partial charge in [0.2, 0.25) is 11.8 Å². The molecule has 1 aromatic carbocycles. The second kappa shape index (κ2) is 10.3. The fraction of sp³-hybridized carbons (Fsp3) is 0.320. The molecular weight excluding hydrogens is 505 g/mol. The van der Waals surface area contributed by atoms with Crippen LogP contribution in [0, 0.1) is 5.82 Å². The third kappa shape index (κ3) is 4.75. The number of carbonyl (C=O) groups excluding carboxylic acids is 1. The predicted molar refractivity (Wildman–Crippen MR) is 143 cm³/mol. The number of nitrogens with zero attached hydrogens (tertiary/aromatic N) is 8. The molecule has 1 aliphatic heterocycles. The van der Waals surface area contributed by atoms with Crippen molar-refractivity contribution in [3.05, 3.63) is 54.3 Å². The Balaban J connectivity index is 1.10. The first-order valence-corrected chi connectivity index (χ1v) is 12.7. The Kier molecular flexibility index (Phi) is 6.54. The summed E-state index contributed by atoms with van der Waals surface area (Å²) in [5, 5.41) is 7.06. The molecule has 1 saturated heterocycles. The van der Waals surface area contributed by atoms with Gasteiger partial charge < -0.3 is 30.7 Å². The van der Waals surface area contributed by atoms with Crippen LogP contribution in [-0.2, 0) is 6.54 Å². The largest absolute Gasteiger partial charge is 0.461 e. The molecule has 202 valence electrons. The van der Waals surface area contributed by atoms with Gasteiger partial charge in [-0.05, 0) is 30.3 Å². The van der Waals surface area contributed by atoms with Gasteiger partial charge in [0.15, 0.2) is 22.6 Å². The third-order valence-electron chi connectivity index (χ3n) is 6.82. The summed E-state index contributed by atoms with van der Waals surface area (Å²) in [6, 6.07) is 8.13. The summed E-state index contributed by atoms with van der Waals surface area (Å²) in [5.74, 6) is 0.417. The van der Waals surface area contributed by atoms with Crippen molar-refractivity contribution >= 4 is 34.4 Å². The molecule has 4 aromatic heterocycles. The minimum absolute atomic E-state index is 0.211. The smallest absolute Gasteiger partial charge is 0.251 e. The van der Waals surface area contributed by atoms with E-state index in [0.717, 1.165) is 19.6 Å². The van der Waals surface area contributed by atoms with Crippen LogP contribution in [0.3, 0.4) is 0 Å². The van der Waals surface area contributed by atoms with Crippen LogP contribution in [0.5, 0.6) is 0 Å². The molecule has 0 aliphatic carbocycles. The average molecular weight is 534 g/mol. The van der Waals surface area contributed by atoms with E-state index in [9.17, 15) is 9.18 Å². The van der Waals surface area contributed by atoms with Gasteiger partial charge in [0.25, 0.3) is 5.91 Å². The maximum atomic E-state index is 14.8. The molecule has 0 spiro atoms. The van der Waals surface area contributed by atoms with E-state index < -0.39 is 5.82 Å². The van der Waals surface area contributed by atoms with Crippen LogP contribution in [0.2, 0.25) is 0 Å². The van der Waals surface area contributed by atoms with E-state index in [0.29, 0.717) is 66.8 Å². The molecule has 13 nitrogen and oxygen atoms in total. The zero-order valence-electron chi connectivity index (χ0n) is 21.1. The number of nitrogens with one attached hydrogen (secondary N) is 1. The lowest BCUT2D eigenvalue weighted by Gasteiger charge is -2.36. The van der Waals surface area contributed by atoms with Gasteiger partial charge in [-0.3, -0.25) is 9.69 Å². The molecule has 0 unspecified atom stereocenters. The summed E-state index contributed by atoms with van der Waals surface area (Å²) in [5.41, 5.74) is 14.1. The van der Waals surface area contributed by atoms with Crippen molar-refractivity contribution in [2.75, 3.05) is 56.4 Å². The monoisotopic (exact) mass is 533 g/mol. The fourth-order valence-corrected chi connectivity index (χ4v) is 4.76. The Hall–Kier alpha value is -4.56. The Morgan fingerprint density at radius 3 is 2.69 bits per heavy atom. The number of fused-ring (bicyclic) bond motifs is 3. The molecule has 5 heterocycles. The second-order valence-electron chi connectivity index (χ2n) is 9.27. The zero-order valence-corrected chi connectivity index (χ0v) is 21.1. The normalized spacial score (nSPS) is 14.5. The maximum Gasteiger partial charge on any atom is 0.251 e. The quantitative estimate of drug-likeness (QED) is 0.262. The van der Waals surface area contributed by atoms with Crippen molar-refractivity contribution in [3.8, 4) is 11.6 Å². The van der Waals surface area contributed by atoms with Gasteiger partial charge >= 0.3 is 0 Å². The van der Waals surface area contributed by atoms with Gasteiger partial charge in [-0.2, -0.15) is 9.50 Å². The van der Waals surface area contributed by atoms with Crippen LogP contribution in [0.15, 0.2) is 47.3 Å². The summed E-state index contributed by atoms with van der Waals surface area (Å²) in [4.78, 5) is 30.0. The highest BCUT2D eigenvalue weighted by Crippen LogP contribution is 2.24. The van der Waals surface area contributed by atoms with E-state index in [1.54, 1.807) is 36.9 Å². The van der Waals surface area contributed by atoms with Crippen molar-refractivity contribution in [2.45, 2.75) is 6.54 Å². The molecule has 14 heteroatoms. The molecule has 5 aromatic rings. The Bertz CT molecular complexity index is 1620. The molecule has 1 amide bonds. The van der Waals surface area contributed by atoms with Gasteiger partial charge in [-0.15, -0.1) is 5.10 Å². The van der Waals surface area contributed by atoms with E-state index >= 15 is 0 Å². The van der Waals surface area contributed by atoms with Crippen molar-refractivity contribution in [2.24, 2.45) is 5.73 Å². The fourth-order valence-electron chi connectivity index (χ4n) is 4.76. The molecule has 0 radical (unpaired) electrons. The van der Waals surface area contributed by atoms with E-state index in [-0.39, 0.29) is 17.4 Å². The van der Waals surface area contributed by atoms with Gasteiger partial charge in [-0.1, -0.05) is 0 Å². The number of aromatic nitrogens is 6. The number of hydrogen-bond acceptors (Lipinski definition) is 10. The van der Waals surface area contributed by atoms with Crippen LogP contribution < -0.4 is 21.7 Å². The molecule has 39 heavy (non-hydrogen) atoms. The summed E-state index contributed by atoms with van der Waals surface area (Å²) < 4.78 is 23.6. The van der Waals surface area contributed by atoms with E-state index in [1.165, 1.54) is 10.6 Å². The number of furan rings is 1. The number of nitrogens with two attached hydrogens (primary N) is 2. The van der Waals surface area contributed by atoms with Crippen molar-refractivity contribution in [1.82, 2.24) is 39.3 Å². The molecule has 5 N–H and O–H groups in total. The second-order valence-corrected chi connectivity index (χ2v) is 9.27. The number of halogens is 1. The van der Waals surface area contributed by atoms with E-state index in [4.69, 9.17) is 15.9 Å². The number of hydrogen-bond donors (Lipinski definition) is 3. The van der Waals surface area contributed by atoms with Gasteiger partial charge in [0.1, 0.15) is 5.82 Å². The molecule has 0 atom stereocenters. The Labute approximate surface area is 222 Å². The van der Waals surface area contributed by atoms with Crippen LogP contribution in [-0.4, -0.2) is 85.8 Å². The number of rotatable bonds is 8. The highest BCUT2D eigenvalue weighted by atomic mass is 19.1. The van der Waals surface area contributed by atoms with Crippen molar-refractivity contribution < 1.29 is 13.6 Å². The van der Waals surface area contributed by atoms with Gasteiger partial charge in [0.05, 0.1) is 18.3 Å². The number of piperazine rings is 1. The van der Waals surface area contributed by atoms with E-state index in [2.05, 4.69) is 30.3 Å². The number of imidazole rings is 1. The number of anilines is 2. The Morgan fingerprint density at radius 2 is 1.95 bits per heavy atom. The van der Waals surface area contributed by atoms with Gasteiger partial charge in [0, 0.05) is 57.9 Å². The van der Waals surface area contributed by atoms with Crippen LogP contribution in [0.1, 0.15) is 10.4 Å². The third-order valence-corrected chi connectivity index (χ3v) is 6.82. The summed E-state index contributed by atoms with van der Waals surface area (Å²) in [6.07, 6.45) is 3.29. The lowest BCUT2D eigenvalue weighted by molar-refractivity contribution is 0.0954. The predicted octanol–water partition coefficient (Wildman–Crippen LogP) is 0.966. The zero-order chi connectivity index (χ0) is 26.9. The minimum Gasteiger partial charge on any atom is -0.461 e. The van der Waals surface area contributed by atoms with Crippen LogP contribution in [0.4, 0.5) is 16.0 Å². The number of amides is 1. The van der Waals surface area contributed by atoms with Crippen LogP contribution >= 0.6 is 0 Å². The summed E-state index contributed by atoms with van der Waals surface area (Å²) >= 11 is 0. The average Bonchev–Trinajstić information content (AvgIpc) is 3.71. The lowest BCUT2D eigenvalue weighted by Crippen LogP contribution is -2.47. The first-order valence-electron chi connectivity index (χ1n) is 12.7. The molecule has 0 saturated carbocycles. The maximum absolute atomic E-state index is 14.8. The Morgan fingerprint density at radius 1 is 1.10 bits per heavy atom. The van der Waals surface area contributed by atoms with E-state index in [1.807, 2.05) is 9.47 Å². The first-order chi connectivity index (χ1) is 19.0. The van der Waals surface area contributed by atoms with Gasteiger partial charge in [-0.25, -0.2) is 14.4 Å². The molecule has 0 bridgehead atoms. The van der Waals surface area contributed by atoms with Crippen molar-refractivity contribution in [3.63, 3.8) is 0 Å². The lowest BCUT2D eigenvalue weighted by atomic mass is 10.1. The standard InChI is InChI=1S/C25H28FN11O2/c26-17-14-16(24(38)29-6-5-27)3-4-18(17)35-10-7-34(8-11-35)9-12-36-15-30-20-22(36)32-25(28)37-23(20)31-21(33-37)19-2-1-13-39-19/h1-4,13-15H,5-12,27H2,(H2,28,32)(H,29,38). The SMILES string of the molecule is NCCNC(=O)c1ccc(N2CCN(CCn3cnc4c3nc(N)n3nc(-c5ccco5)nc43)CC2)c(F)c1. The highest BCUT2D eigenvalue weighted by Gasteiger charge is 2.22. The highest BCUT2D eigenvalue weighted by molar-refractivity contribution is 5.94. The first kappa shape index (κ1) is 24.8. The summed E-state index contributed by atoms with van der Waals surface area (Å²) in [7, 11) is 0. The molecule has 1 aliphatic rings.